The van der Waals surface area contributed by atoms with E-state index in [-0.39, 0.29) is 11.8 Å². The van der Waals surface area contributed by atoms with Crippen LogP contribution in [0.15, 0.2) is 10.9 Å². The highest BCUT2D eigenvalue weighted by Crippen LogP contribution is 2.24. The van der Waals surface area contributed by atoms with E-state index in [2.05, 4.69) is 15.0 Å². The first-order valence-electron chi connectivity index (χ1n) is 4.87. The number of rotatable bonds is 4. The van der Waals surface area contributed by atoms with Gasteiger partial charge in [0, 0.05) is 13.1 Å². The molecule has 0 aromatic carbocycles. The molecule has 1 aromatic heterocycles. The zero-order valence-corrected chi connectivity index (χ0v) is 8.46. The number of aromatic nitrogens is 2. The van der Waals surface area contributed by atoms with Crippen molar-refractivity contribution < 1.29 is 14.4 Å². The summed E-state index contributed by atoms with van der Waals surface area (Å²) in [6, 6.07) is 0. The van der Waals surface area contributed by atoms with Gasteiger partial charge >= 0.3 is 5.97 Å². The molecule has 1 fully saturated rings. The van der Waals surface area contributed by atoms with E-state index in [1.54, 1.807) is 6.92 Å². The van der Waals surface area contributed by atoms with E-state index in [4.69, 9.17) is 9.63 Å². The molecule has 1 aromatic rings. The topological polar surface area (TPSA) is 79.5 Å². The number of hydrogen-bond acceptors (Lipinski definition) is 5. The molecule has 0 spiro atoms. The number of carboxylic acid groups (broad SMARTS) is 1. The van der Waals surface area contributed by atoms with Crippen LogP contribution in [0.3, 0.4) is 0 Å². The van der Waals surface area contributed by atoms with E-state index in [9.17, 15) is 4.79 Å². The number of likely N-dealkylation sites (tertiary alicyclic amines) is 1. The van der Waals surface area contributed by atoms with Crippen molar-refractivity contribution in [3.8, 4) is 0 Å². The summed E-state index contributed by atoms with van der Waals surface area (Å²) in [7, 11) is 0. The monoisotopic (exact) mass is 211 g/mol. The molecule has 0 radical (unpaired) electrons. The molecular weight excluding hydrogens is 198 g/mol. The molecule has 0 saturated carbocycles. The van der Waals surface area contributed by atoms with Gasteiger partial charge in [-0.15, -0.1) is 0 Å². The summed E-state index contributed by atoms with van der Waals surface area (Å²) >= 11 is 0. The first-order valence-corrected chi connectivity index (χ1v) is 4.87. The quantitative estimate of drug-likeness (QED) is 0.767. The highest BCUT2D eigenvalue weighted by atomic mass is 16.5. The Morgan fingerprint density at radius 2 is 2.53 bits per heavy atom. The summed E-state index contributed by atoms with van der Waals surface area (Å²) in [5, 5.41) is 12.3. The second-order valence-corrected chi connectivity index (χ2v) is 3.92. The van der Waals surface area contributed by atoms with E-state index in [0.717, 1.165) is 13.1 Å². The van der Waals surface area contributed by atoms with Gasteiger partial charge in [0.15, 0.2) is 6.33 Å². The summed E-state index contributed by atoms with van der Waals surface area (Å²) in [6.07, 6.45) is 1.37. The minimum Gasteiger partial charge on any atom is -0.481 e. The van der Waals surface area contributed by atoms with E-state index in [0.29, 0.717) is 12.4 Å². The molecule has 1 aliphatic heterocycles. The molecule has 0 aliphatic carbocycles. The number of nitrogens with zero attached hydrogens (tertiary/aromatic N) is 3. The summed E-state index contributed by atoms with van der Waals surface area (Å²) < 4.78 is 4.86. The third-order valence-electron chi connectivity index (χ3n) is 2.85. The predicted molar refractivity (Wildman–Crippen MR) is 49.9 cm³/mol. The highest BCUT2D eigenvalue weighted by Gasteiger charge is 2.34. The van der Waals surface area contributed by atoms with Gasteiger partial charge in [-0.25, -0.2) is 0 Å². The number of carbonyl (C=O) groups is 1. The average molecular weight is 211 g/mol. The molecule has 82 valence electrons. The van der Waals surface area contributed by atoms with E-state index < -0.39 is 5.97 Å². The smallest absolute Gasteiger partial charge is 0.306 e. The molecule has 1 saturated heterocycles. The summed E-state index contributed by atoms with van der Waals surface area (Å²) in [6.45, 7) is 3.94. The SMILES string of the molecule is CC(C(=O)O)C1CN(Cc2ncno2)C1. The van der Waals surface area contributed by atoms with Crippen LogP contribution < -0.4 is 0 Å². The maximum atomic E-state index is 10.7. The fourth-order valence-corrected chi connectivity index (χ4v) is 1.71. The molecule has 0 amide bonds. The third kappa shape index (κ3) is 2.15. The number of carboxylic acids is 1. The largest absolute Gasteiger partial charge is 0.481 e. The molecule has 2 rings (SSSR count). The predicted octanol–water partition coefficient (Wildman–Crippen LogP) is 0.222. The zero-order chi connectivity index (χ0) is 10.8. The lowest BCUT2D eigenvalue weighted by molar-refractivity contribution is -0.145. The molecule has 15 heavy (non-hydrogen) atoms. The van der Waals surface area contributed by atoms with Gasteiger partial charge in [0.05, 0.1) is 12.5 Å². The Balaban J connectivity index is 1.76. The van der Waals surface area contributed by atoms with Crippen LogP contribution in [0.2, 0.25) is 0 Å². The van der Waals surface area contributed by atoms with Crippen molar-refractivity contribution >= 4 is 5.97 Å². The average Bonchev–Trinajstić information content (AvgIpc) is 2.61. The minimum absolute atomic E-state index is 0.241. The Morgan fingerprint density at radius 1 is 1.80 bits per heavy atom. The second-order valence-electron chi connectivity index (χ2n) is 3.92. The van der Waals surface area contributed by atoms with Gasteiger partial charge in [-0.05, 0) is 5.92 Å². The maximum absolute atomic E-state index is 10.7. The van der Waals surface area contributed by atoms with Crippen LogP contribution in [0.4, 0.5) is 0 Å². The van der Waals surface area contributed by atoms with Crippen LogP contribution in [-0.4, -0.2) is 39.2 Å². The second kappa shape index (κ2) is 3.98. The van der Waals surface area contributed by atoms with Crippen molar-refractivity contribution in [2.24, 2.45) is 11.8 Å². The molecule has 0 bridgehead atoms. The van der Waals surface area contributed by atoms with E-state index in [1.807, 2.05) is 0 Å². The first-order chi connectivity index (χ1) is 7.16. The zero-order valence-electron chi connectivity index (χ0n) is 8.46. The number of hydrogen-bond donors (Lipinski definition) is 1. The van der Waals surface area contributed by atoms with Crippen molar-refractivity contribution in [1.29, 1.82) is 0 Å². The normalized spacial score (nSPS) is 19.8. The van der Waals surface area contributed by atoms with Gasteiger partial charge in [0.2, 0.25) is 5.89 Å². The van der Waals surface area contributed by atoms with Crippen molar-refractivity contribution in [3.05, 3.63) is 12.2 Å². The van der Waals surface area contributed by atoms with Gasteiger partial charge in [0.1, 0.15) is 0 Å². The summed E-state index contributed by atoms with van der Waals surface area (Å²) in [4.78, 5) is 16.7. The first kappa shape index (κ1) is 10.1. The lowest BCUT2D eigenvalue weighted by Gasteiger charge is -2.40. The Kier molecular flexibility index (Phi) is 2.68. The minimum atomic E-state index is -0.725. The third-order valence-corrected chi connectivity index (χ3v) is 2.85. The molecular formula is C9H13N3O3. The molecule has 6 nitrogen and oxygen atoms in total. The fourth-order valence-electron chi connectivity index (χ4n) is 1.71. The fraction of sp³-hybridized carbons (Fsp3) is 0.667. The van der Waals surface area contributed by atoms with Crippen LogP contribution in [-0.2, 0) is 11.3 Å². The lowest BCUT2D eigenvalue weighted by atomic mass is 9.87. The van der Waals surface area contributed by atoms with Gasteiger partial charge in [-0.1, -0.05) is 12.1 Å². The van der Waals surface area contributed by atoms with Crippen LogP contribution in [0, 0.1) is 11.8 Å². The van der Waals surface area contributed by atoms with Crippen LogP contribution in [0.1, 0.15) is 12.8 Å². The van der Waals surface area contributed by atoms with Crippen LogP contribution in [0.5, 0.6) is 0 Å². The van der Waals surface area contributed by atoms with Crippen molar-refractivity contribution in [1.82, 2.24) is 15.0 Å². The molecule has 1 N–H and O–H groups in total. The van der Waals surface area contributed by atoms with Crippen LogP contribution >= 0.6 is 0 Å². The lowest BCUT2D eigenvalue weighted by Crippen LogP contribution is -2.50. The number of aliphatic carboxylic acids is 1. The Hall–Kier alpha value is -1.43. The molecule has 1 unspecified atom stereocenters. The Bertz CT molecular complexity index is 332. The molecule has 1 aliphatic rings. The Labute approximate surface area is 86.9 Å². The van der Waals surface area contributed by atoms with Gasteiger partial charge in [-0.3, -0.25) is 9.69 Å². The molecule has 2 heterocycles. The van der Waals surface area contributed by atoms with Gasteiger partial charge < -0.3 is 9.63 Å². The summed E-state index contributed by atoms with van der Waals surface area (Å²) in [5.74, 6) is -0.178. The molecule has 6 heteroatoms. The Morgan fingerprint density at radius 3 is 3.07 bits per heavy atom. The van der Waals surface area contributed by atoms with Gasteiger partial charge in [0.25, 0.3) is 0 Å². The standard InChI is InChI=1S/C9H13N3O3/c1-6(9(13)14)7-2-12(3-7)4-8-10-5-11-15-8/h5-7H,2-4H2,1H3,(H,13,14). The van der Waals surface area contributed by atoms with Crippen molar-refractivity contribution in [3.63, 3.8) is 0 Å². The molecule has 1 atom stereocenters. The van der Waals surface area contributed by atoms with Gasteiger partial charge in [-0.2, -0.15) is 4.98 Å². The van der Waals surface area contributed by atoms with Crippen LogP contribution in [0.25, 0.3) is 0 Å². The maximum Gasteiger partial charge on any atom is 0.306 e. The van der Waals surface area contributed by atoms with E-state index >= 15 is 0 Å². The van der Waals surface area contributed by atoms with Crippen molar-refractivity contribution in [2.45, 2.75) is 13.5 Å². The summed E-state index contributed by atoms with van der Waals surface area (Å²) in [5.41, 5.74) is 0. The highest BCUT2D eigenvalue weighted by molar-refractivity contribution is 5.70. The van der Waals surface area contributed by atoms with E-state index in [1.165, 1.54) is 6.33 Å². The van der Waals surface area contributed by atoms with Crippen molar-refractivity contribution in [2.75, 3.05) is 13.1 Å².